The van der Waals surface area contributed by atoms with Crippen molar-refractivity contribution in [2.45, 2.75) is 25.8 Å². The molecule has 4 rings (SSSR count). The van der Waals surface area contributed by atoms with E-state index in [1.807, 2.05) is 54.2 Å². The van der Waals surface area contributed by atoms with Crippen LogP contribution in [0.4, 0.5) is 5.69 Å². The minimum atomic E-state index is -0.178. The number of ether oxygens (including phenoxy) is 1. The van der Waals surface area contributed by atoms with Gasteiger partial charge in [-0.2, -0.15) is 5.10 Å². The lowest BCUT2D eigenvalue weighted by atomic mass is 10.0. The van der Waals surface area contributed by atoms with Gasteiger partial charge in [0, 0.05) is 6.20 Å². The number of nitrogens with zero attached hydrogens (tertiary/aromatic N) is 3. The van der Waals surface area contributed by atoms with Crippen molar-refractivity contribution in [3.63, 3.8) is 0 Å². The van der Waals surface area contributed by atoms with Crippen LogP contribution < -0.4 is 10.1 Å². The third-order valence-corrected chi connectivity index (χ3v) is 5.34. The van der Waals surface area contributed by atoms with Crippen LogP contribution in [-0.2, 0) is 0 Å². The Morgan fingerprint density at radius 3 is 2.79 bits per heavy atom. The lowest BCUT2D eigenvalue weighted by Gasteiger charge is -2.28. The largest absolute Gasteiger partial charge is 0.493 e. The van der Waals surface area contributed by atoms with Crippen LogP contribution in [0.2, 0.25) is 0 Å². The second kappa shape index (κ2) is 8.02. The molecule has 0 atom stereocenters. The zero-order valence-electron chi connectivity index (χ0n) is 16.4. The molecule has 0 bridgehead atoms. The molecule has 1 aliphatic heterocycles. The molecule has 2 heterocycles. The molecule has 1 saturated heterocycles. The molecular weight excluding hydrogens is 352 g/mol. The summed E-state index contributed by atoms with van der Waals surface area (Å²) in [4.78, 5) is 15.4. The first-order valence-electron chi connectivity index (χ1n) is 9.84. The lowest BCUT2D eigenvalue weighted by molar-refractivity contribution is 0.102. The standard InChI is InChI=1S/C22H26N4O2/c1-3-28-20-9-8-16-6-4-5-7-19(16)21(20)22(27)24-17-14-23-26(15-17)18-10-12-25(2)13-11-18/h4-9,14-15,18H,3,10-13H2,1-2H3,(H,24,27). The number of aromatic nitrogens is 2. The molecule has 1 fully saturated rings. The predicted molar refractivity (Wildman–Crippen MR) is 111 cm³/mol. The second-order valence-corrected chi connectivity index (χ2v) is 7.29. The summed E-state index contributed by atoms with van der Waals surface area (Å²) in [5.41, 5.74) is 1.27. The van der Waals surface area contributed by atoms with Gasteiger partial charge in [0.2, 0.25) is 0 Å². The van der Waals surface area contributed by atoms with Crippen LogP contribution in [-0.4, -0.2) is 47.3 Å². The van der Waals surface area contributed by atoms with Crippen LogP contribution in [0.25, 0.3) is 10.8 Å². The summed E-state index contributed by atoms with van der Waals surface area (Å²) in [5.74, 6) is 0.421. The summed E-state index contributed by atoms with van der Waals surface area (Å²) in [6.45, 7) is 4.56. The SMILES string of the molecule is CCOc1ccc2ccccc2c1C(=O)Nc1cnn(C2CCN(C)CC2)c1. The summed E-state index contributed by atoms with van der Waals surface area (Å²) in [7, 11) is 2.14. The van der Waals surface area contributed by atoms with Crippen LogP contribution in [0.3, 0.4) is 0 Å². The van der Waals surface area contributed by atoms with Gasteiger partial charge < -0.3 is 15.0 Å². The first-order valence-corrected chi connectivity index (χ1v) is 9.84. The summed E-state index contributed by atoms with van der Waals surface area (Å²) >= 11 is 0. The zero-order chi connectivity index (χ0) is 19.5. The third-order valence-electron chi connectivity index (χ3n) is 5.34. The van der Waals surface area contributed by atoms with Gasteiger partial charge in [-0.15, -0.1) is 0 Å². The number of carbonyl (C=O) groups excluding carboxylic acids is 1. The van der Waals surface area contributed by atoms with Crippen LogP contribution in [0.5, 0.6) is 5.75 Å². The van der Waals surface area contributed by atoms with Gasteiger partial charge in [-0.1, -0.05) is 30.3 Å². The van der Waals surface area contributed by atoms with E-state index < -0.39 is 0 Å². The topological polar surface area (TPSA) is 59.4 Å². The molecule has 146 valence electrons. The van der Waals surface area contributed by atoms with Gasteiger partial charge >= 0.3 is 0 Å². The molecule has 1 aliphatic rings. The Hall–Kier alpha value is -2.86. The summed E-state index contributed by atoms with van der Waals surface area (Å²) in [5, 5.41) is 9.38. The normalized spacial score (nSPS) is 15.6. The molecule has 1 amide bonds. The van der Waals surface area contributed by atoms with Gasteiger partial charge in [0.25, 0.3) is 5.91 Å². The smallest absolute Gasteiger partial charge is 0.260 e. The Morgan fingerprint density at radius 1 is 1.21 bits per heavy atom. The van der Waals surface area contributed by atoms with Crippen molar-refractivity contribution >= 4 is 22.4 Å². The molecule has 1 N–H and O–H groups in total. The average molecular weight is 378 g/mol. The molecule has 6 nitrogen and oxygen atoms in total. The highest BCUT2D eigenvalue weighted by Gasteiger charge is 2.21. The molecular formula is C22H26N4O2. The molecule has 0 unspecified atom stereocenters. The average Bonchev–Trinajstić information content (AvgIpc) is 3.17. The Labute approximate surface area is 165 Å². The molecule has 28 heavy (non-hydrogen) atoms. The number of benzene rings is 2. The van der Waals surface area contributed by atoms with Gasteiger partial charge in [-0.25, -0.2) is 0 Å². The number of fused-ring (bicyclic) bond motifs is 1. The van der Waals surface area contributed by atoms with Crippen molar-refractivity contribution in [1.29, 1.82) is 0 Å². The van der Waals surface area contributed by atoms with E-state index in [0.717, 1.165) is 36.7 Å². The number of nitrogens with one attached hydrogen (secondary N) is 1. The van der Waals surface area contributed by atoms with Gasteiger partial charge in [0.05, 0.1) is 30.1 Å². The van der Waals surface area contributed by atoms with E-state index in [1.165, 1.54) is 0 Å². The molecule has 0 aliphatic carbocycles. The minimum absolute atomic E-state index is 0.178. The summed E-state index contributed by atoms with van der Waals surface area (Å²) in [6.07, 6.45) is 5.80. The number of amides is 1. The second-order valence-electron chi connectivity index (χ2n) is 7.29. The van der Waals surface area contributed by atoms with Crippen molar-refractivity contribution in [2.75, 3.05) is 32.1 Å². The maximum Gasteiger partial charge on any atom is 0.260 e. The van der Waals surface area contributed by atoms with Crippen LogP contribution in [0, 0.1) is 0 Å². The maximum absolute atomic E-state index is 13.1. The number of anilines is 1. The van der Waals surface area contributed by atoms with Gasteiger partial charge in [-0.3, -0.25) is 9.48 Å². The Kier molecular flexibility index (Phi) is 5.30. The molecule has 1 aromatic heterocycles. The van der Waals surface area contributed by atoms with E-state index in [2.05, 4.69) is 22.4 Å². The summed E-state index contributed by atoms with van der Waals surface area (Å²) in [6, 6.07) is 12.1. The quantitative estimate of drug-likeness (QED) is 0.730. The Bertz CT molecular complexity index is 974. The lowest BCUT2D eigenvalue weighted by Crippen LogP contribution is -2.31. The van der Waals surface area contributed by atoms with Crippen molar-refractivity contribution in [1.82, 2.24) is 14.7 Å². The number of hydrogen-bond donors (Lipinski definition) is 1. The monoisotopic (exact) mass is 378 g/mol. The molecule has 0 radical (unpaired) electrons. The fourth-order valence-corrected chi connectivity index (χ4v) is 3.82. The maximum atomic E-state index is 13.1. The van der Waals surface area contributed by atoms with Crippen LogP contribution >= 0.6 is 0 Å². The van der Waals surface area contributed by atoms with Gasteiger partial charge in [0.15, 0.2) is 0 Å². The Morgan fingerprint density at radius 2 is 2.00 bits per heavy atom. The van der Waals surface area contributed by atoms with E-state index in [-0.39, 0.29) is 5.91 Å². The Balaban J connectivity index is 1.58. The molecule has 0 saturated carbocycles. The fourth-order valence-electron chi connectivity index (χ4n) is 3.82. The molecule has 6 heteroatoms. The van der Waals surface area contributed by atoms with E-state index in [9.17, 15) is 4.79 Å². The highest BCUT2D eigenvalue weighted by atomic mass is 16.5. The summed E-state index contributed by atoms with van der Waals surface area (Å²) < 4.78 is 7.71. The first kappa shape index (κ1) is 18.5. The van der Waals surface area contributed by atoms with Gasteiger partial charge in [0.1, 0.15) is 5.75 Å². The number of rotatable bonds is 5. The third kappa shape index (κ3) is 3.73. The van der Waals surface area contributed by atoms with E-state index in [0.29, 0.717) is 29.6 Å². The van der Waals surface area contributed by atoms with E-state index >= 15 is 0 Å². The predicted octanol–water partition coefficient (Wildman–Crippen LogP) is 3.95. The number of piperidine rings is 1. The molecule has 2 aromatic carbocycles. The van der Waals surface area contributed by atoms with Crippen LogP contribution in [0.1, 0.15) is 36.2 Å². The highest BCUT2D eigenvalue weighted by molar-refractivity contribution is 6.14. The van der Waals surface area contributed by atoms with Crippen molar-refractivity contribution < 1.29 is 9.53 Å². The number of carbonyl (C=O) groups is 1. The van der Waals surface area contributed by atoms with Crippen molar-refractivity contribution in [2.24, 2.45) is 0 Å². The fraction of sp³-hybridized carbons (Fsp3) is 0.364. The van der Waals surface area contributed by atoms with Crippen molar-refractivity contribution in [3.05, 3.63) is 54.4 Å². The first-order chi connectivity index (χ1) is 13.7. The van der Waals surface area contributed by atoms with Gasteiger partial charge in [-0.05, 0) is 56.7 Å². The van der Waals surface area contributed by atoms with Crippen molar-refractivity contribution in [3.8, 4) is 5.75 Å². The van der Waals surface area contributed by atoms with Crippen LogP contribution in [0.15, 0.2) is 48.8 Å². The number of likely N-dealkylation sites (tertiary alicyclic amines) is 1. The van der Waals surface area contributed by atoms with E-state index in [1.54, 1.807) is 6.20 Å². The van der Waals surface area contributed by atoms with E-state index in [4.69, 9.17) is 4.74 Å². The number of hydrogen-bond acceptors (Lipinski definition) is 4. The molecule has 0 spiro atoms. The molecule has 3 aromatic rings. The zero-order valence-corrected chi connectivity index (χ0v) is 16.4. The highest BCUT2D eigenvalue weighted by Crippen LogP contribution is 2.29. The minimum Gasteiger partial charge on any atom is -0.493 e.